The minimum absolute atomic E-state index is 0.183. The average molecular weight is 510 g/mol. The van der Waals surface area contributed by atoms with Gasteiger partial charge in [0.05, 0.1) is 6.04 Å². The Kier molecular flexibility index (Phi) is 9.10. The molecule has 2 amide bonds. The van der Waals surface area contributed by atoms with Crippen molar-refractivity contribution in [2.24, 2.45) is 0 Å². The van der Waals surface area contributed by atoms with Crippen LogP contribution in [0.1, 0.15) is 36.8 Å². The maximum absolute atomic E-state index is 12.1. The van der Waals surface area contributed by atoms with Crippen LogP contribution in [0.3, 0.4) is 0 Å². The van der Waals surface area contributed by atoms with Crippen molar-refractivity contribution in [2.45, 2.75) is 44.6 Å². The number of nitrogens with zero attached hydrogens (tertiary/aromatic N) is 4. The largest absolute Gasteiger partial charge is 0.465 e. The summed E-state index contributed by atoms with van der Waals surface area (Å²) in [5.74, 6) is -0.0399. The molecule has 2 aliphatic rings. The number of ether oxygens (including phenoxy) is 1. The lowest BCUT2D eigenvalue weighted by Crippen LogP contribution is -2.41. The third kappa shape index (κ3) is 7.51. The topological polar surface area (TPSA) is 107 Å². The molecule has 0 radical (unpaired) electrons. The number of carboxylic acid groups (broad SMARTS) is 1. The Balaban J connectivity index is 1.30. The van der Waals surface area contributed by atoms with Crippen LogP contribution in [0.4, 0.5) is 16.3 Å². The molecule has 0 spiro atoms. The predicted molar refractivity (Wildman–Crippen MR) is 141 cm³/mol. The van der Waals surface area contributed by atoms with E-state index in [1.807, 2.05) is 14.1 Å². The monoisotopic (exact) mass is 509 g/mol. The van der Waals surface area contributed by atoms with E-state index in [2.05, 4.69) is 44.5 Å². The van der Waals surface area contributed by atoms with Gasteiger partial charge in [0.15, 0.2) is 6.29 Å². The summed E-state index contributed by atoms with van der Waals surface area (Å²) in [7, 11) is 4.02. The summed E-state index contributed by atoms with van der Waals surface area (Å²) in [6.07, 6.45) is 6.54. The van der Waals surface area contributed by atoms with Crippen LogP contribution in [0.15, 0.2) is 48.7 Å². The van der Waals surface area contributed by atoms with Gasteiger partial charge in [-0.05, 0) is 60.7 Å². The summed E-state index contributed by atoms with van der Waals surface area (Å²) in [4.78, 5) is 39.4. The fraction of sp³-hybridized carbons (Fsp3) is 0.444. The normalized spacial score (nSPS) is 20.2. The molecule has 10 heteroatoms. The molecular weight excluding hydrogens is 474 g/mol. The first kappa shape index (κ1) is 26.6. The molecule has 0 bridgehead atoms. The molecule has 1 unspecified atom stereocenters. The molecule has 0 saturated carbocycles. The van der Waals surface area contributed by atoms with Gasteiger partial charge in [-0.1, -0.05) is 12.1 Å². The van der Waals surface area contributed by atoms with E-state index in [0.717, 1.165) is 44.5 Å². The van der Waals surface area contributed by atoms with Crippen LogP contribution in [0.2, 0.25) is 0 Å². The van der Waals surface area contributed by atoms with Crippen molar-refractivity contribution in [1.82, 2.24) is 15.4 Å². The Labute approximate surface area is 217 Å². The van der Waals surface area contributed by atoms with Crippen LogP contribution in [0, 0.1) is 0 Å². The second-order valence-corrected chi connectivity index (χ2v) is 9.55. The lowest BCUT2D eigenvalue weighted by molar-refractivity contribution is -0.198. The number of aromatic nitrogens is 1. The van der Waals surface area contributed by atoms with Gasteiger partial charge < -0.3 is 14.7 Å². The van der Waals surface area contributed by atoms with Gasteiger partial charge in [-0.25, -0.2) is 20.1 Å². The molecule has 2 aliphatic heterocycles. The standard InChI is InChI=1S/C27H35N5O5/c1-30(2)22-10-6-21(7-11-22)18-31-15-14-23(19-31)32(27(34)35)24-12-8-20(17-28-24)9-13-25(33)29-37-26-5-3-4-16-36-26/h6-13,17,23,26H,3-5,14-16,18-19H2,1-2H3,(H,29,33)(H,34,35)/b13-9+/t23-,26?/m1/s1. The molecule has 1 aromatic heterocycles. The molecule has 2 aromatic rings. The lowest BCUT2D eigenvalue weighted by Gasteiger charge is -2.25. The summed E-state index contributed by atoms with van der Waals surface area (Å²) >= 11 is 0. The summed E-state index contributed by atoms with van der Waals surface area (Å²) in [6, 6.07) is 11.6. The van der Waals surface area contributed by atoms with Crippen LogP contribution in [-0.2, 0) is 20.9 Å². The van der Waals surface area contributed by atoms with Crippen molar-refractivity contribution >= 4 is 29.6 Å². The van der Waals surface area contributed by atoms with Gasteiger partial charge >= 0.3 is 6.09 Å². The maximum Gasteiger partial charge on any atom is 0.413 e. The van der Waals surface area contributed by atoms with E-state index < -0.39 is 18.3 Å². The van der Waals surface area contributed by atoms with Gasteiger partial charge in [0.2, 0.25) is 0 Å². The van der Waals surface area contributed by atoms with E-state index >= 15 is 0 Å². The first-order valence-electron chi connectivity index (χ1n) is 12.6. The smallest absolute Gasteiger partial charge is 0.413 e. The molecule has 10 nitrogen and oxygen atoms in total. The van der Waals surface area contributed by atoms with E-state index in [4.69, 9.17) is 9.57 Å². The second kappa shape index (κ2) is 12.7. The summed E-state index contributed by atoms with van der Waals surface area (Å²) in [6.45, 7) is 2.85. The Bertz CT molecular complexity index is 1070. The number of carbonyl (C=O) groups excluding carboxylic acids is 1. The minimum atomic E-state index is -1.03. The molecule has 3 heterocycles. The zero-order valence-corrected chi connectivity index (χ0v) is 21.4. The first-order valence-corrected chi connectivity index (χ1v) is 12.6. The van der Waals surface area contributed by atoms with Gasteiger partial charge in [-0.3, -0.25) is 14.6 Å². The summed E-state index contributed by atoms with van der Waals surface area (Å²) < 4.78 is 5.41. The number of pyridine rings is 1. The van der Waals surface area contributed by atoms with Crippen LogP contribution in [0.5, 0.6) is 0 Å². The van der Waals surface area contributed by atoms with Crippen LogP contribution in [0.25, 0.3) is 6.08 Å². The van der Waals surface area contributed by atoms with E-state index in [9.17, 15) is 14.7 Å². The Hall–Kier alpha value is -3.47. The summed E-state index contributed by atoms with van der Waals surface area (Å²) in [5, 5.41) is 9.93. The van der Waals surface area contributed by atoms with Gasteiger partial charge in [0, 0.05) is 64.7 Å². The number of hydroxylamine groups is 1. The van der Waals surface area contributed by atoms with Crippen molar-refractivity contribution in [3.05, 3.63) is 59.8 Å². The fourth-order valence-corrected chi connectivity index (χ4v) is 4.54. The number of amides is 2. The molecular formula is C27H35N5O5. The highest BCUT2D eigenvalue weighted by Gasteiger charge is 2.32. The Morgan fingerprint density at radius 3 is 2.65 bits per heavy atom. The summed E-state index contributed by atoms with van der Waals surface area (Å²) in [5.41, 5.74) is 5.39. The van der Waals surface area contributed by atoms with E-state index in [1.54, 1.807) is 24.4 Å². The third-order valence-corrected chi connectivity index (χ3v) is 6.55. The lowest BCUT2D eigenvalue weighted by atomic mass is 10.2. The van der Waals surface area contributed by atoms with Crippen molar-refractivity contribution < 1.29 is 24.3 Å². The molecule has 2 saturated heterocycles. The van der Waals surface area contributed by atoms with Crippen LogP contribution < -0.4 is 15.3 Å². The highest BCUT2D eigenvalue weighted by molar-refractivity contribution is 5.91. The number of hydrogen-bond donors (Lipinski definition) is 2. The molecule has 2 atom stereocenters. The van der Waals surface area contributed by atoms with Crippen molar-refractivity contribution in [3.8, 4) is 0 Å². The molecule has 37 heavy (non-hydrogen) atoms. The molecule has 1 aromatic carbocycles. The predicted octanol–water partition coefficient (Wildman–Crippen LogP) is 3.49. The number of likely N-dealkylation sites (tertiary alicyclic amines) is 1. The maximum atomic E-state index is 12.1. The number of rotatable bonds is 9. The first-order chi connectivity index (χ1) is 17.9. The molecule has 2 N–H and O–H groups in total. The molecule has 0 aliphatic carbocycles. The van der Waals surface area contributed by atoms with Gasteiger partial charge in [-0.15, -0.1) is 0 Å². The zero-order valence-electron chi connectivity index (χ0n) is 21.4. The molecule has 198 valence electrons. The van der Waals surface area contributed by atoms with Crippen LogP contribution in [-0.4, -0.2) is 73.1 Å². The zero-order chi connectivity index (χ0) is 26.2. The SMILES string of the molecule is CN(C)c1ccc(CN2CC[C@@H](N(C(=O)O)c3ccc(/C=C/C(=O)NOC4CCCCO4)cn3)C2)cc1. The van der Waals surface area contributed by atoms with Gasteiger partial charge in [-0.2, -0.15) is 0 Å². The Morgan fingerprint density at radius 2 is 2.00 bits per heavy atom. The van der Waals surface area contributed by atoms with Crippen molar-refractivity contribution in [1.29, 1.82) is 0 Å². The second-order valence-electron chi connectivity index (χ2n) is 9.55. The number of carbonyl (C=O) groups is 2. The average Bonchev–Trinajstić information content (AvgIpc) is 3.35. The quantitative estimate of drug-likeness (QED) is 0.391. The van der Waals surface area contributed by atoms with E-state index in [-0.39, 0.29) is 6.04 Å². The van der Waals surface area contributed by atoms with E-state index in [1.165, 1.54) is 16.5 Å². The number of nitrogens with one attached hydrogen (secondary N) is 1. The highest BCUT2D eigenvalue weighted by atomic mass is 16.8. The number of anilines is 2. The molecule has 4 rings (SSSR count). The van der Waals surface area contributed by atoms with Crippen molar-refractivity contribution in [2.75, 3.05) is 43.6 Å². The van der Waals surface area contributed by atoms with Gasteiger partial charge in [0.25, 0.3) is 5.91 Å². The van der Waals surface area contributed by atoms with E-state index in [0.29, 0.717) is 24.5 Å². The Morgan fingerprint density at radius 1 is 1.19 bits per heavy atom. The minimum Gasteiger partial charge on any atom is -0.465 e. The fourth-order valence-electron chi connectivity index (χ4n) is 4.54. The van der Waals surface area contributed by atoms with Crippen molar-refractivity contribution in [3.63, 3.8) is 0 Å². The van der Waals surface area contributed by atoms with Gasteiger partial charge in [0.1, 0.15) is 5.82 Å². The van der Waals surface area contributed by atoms with Crippen LogP contribution >= 0.6 is 0 Å². The highest BCUT2D eigenvalue weighted by Crippen LogP contribution is 2.24. The molecule has 2 fully saturated rings. The number of benzene rings is 1. The number of hydrogen-bond acceptors (Lipinski definition) is 7. The third-order valence-electron chi connectivity index (χ3n) is 6.55.